The van der Waals surface area contributed by atoms with Crippen molar-refractivity contribution in [3.63, 3.8) is 0 Å². The molecule has 0 aromatic carbocycles. The van der Waals surface area contributed by atoms with Gasteiger partial charge in [0, 0.05) is 22.8 Å². The highest BCUT2D eigenvalue weighted by atomic mass is 15.2. The van der Waals surface area contributed by atoms with E-state index in [1.165, 1.54) is 80.2 Å². The van der Waals surface area contributed by atoms with Crippen LogP contribution in [0, 0.1) is 0 Å². The van der Waals surface area contributed by atoms with Crippen molar-refractivity contribution in [2.24, 2.45) is 0 Å². The molecular formula is C58H62N2. The Morgan fingerprint density at radius 1 is 0.383 bits per heavy atom. The summed E-state index contributed by atoms with van der Waals surface area (Å²) in [5.41, 5.74) is 17.2. The van der Waals surface area contributed by atoms with Crippen LogP contribution in [0.25, 0.3) is 0 Å². The first-order valence-corrected chi connectivity index (χ1v) is 23.1. The largest absolute Gasteiger partial charge is 0.338 e. The molecule has 0 amide bonds. The third-order valence-corrected chi connectivity index (χ3v) is 13.3. The van der Waals surface area contributed by atoms with E-state index in [4.69, 9.17) is 0 Å². The molecule has 304 valence electrons. The maximum absolute atomic E-state index is 2.63. The molecule has 0 radical (unpaired) electrons. The first-order valence-electron chi connectivity index (χ1n) is 23.1. The molecule has 0 fully saturated rings. The second-order valence-corrected chi connectivity index (χ2v) is 17.5. The van der Waals surface area contributed by atoms with E-state index < -0.39 is 0 Å². The average Bonchev–Trinajstić information content (AvgIpc) is 3.32. The molecule has 2 atom stereocenters. The van der Waals surface area contributed by atoms with Crippen LogP contribution in [0.2, 0.25) is 0 Å². The van der Waals surface area contributed by atoms with Gasteiger partial charge >= 0.3 is 0 Å². The molecule has 0 saturated carbocycles. The van der Waals surface area contributed by atoms with Crippen LogP contribution in [0.1, 0.15) is 103 Å². The van der Waals surface area contributed by atoms with Gasteiger partial charge in [-0.1, -0.05) is 146 Å². The first kappa shape index (κ1) is 39.8. The number of rotatable bonds is 12. The summed E-state index contributed by atoms with van der Waals surface area (Å²) < 4.78 is 0. The van der Waals surface area contributed by atoms with Gasteiger partial charge in [0.25, 0.3) is 0 Å². The Bertz CT molecular complexity index is 2320. The molecule has 60 heavy (non-hydrogen) atoms. The van der Waals surface area contributed by atoms with Gasteiger partial charge in [-0.2, -0.15) is 0 Å². The van der Waals surface area contributed by atoms with Crippen LogP contribution in [0.4, 0.5) is 0 Å². The molecule has 0 N–H and O–H groups in total. The highest BCUT2D eigenvalue weighted by Crippen LogP contribution is 2.37. The molecule has 0 spiro atoms. The third-order valence-electron chi connectivity index (χ3n) is 13.3. The third kappa shape index (κ3) is 10.0. The van der Waals surface area contributed by atoms with Crippen LogP contribution in [0.15, 0.2) is 238 Å². The van der Waals surface area contributed by atoms with Crippen LogP contribution < -0.4 is 0 Å². The predicted octanol–water partition coefficient (Wildman–Crippen LogP) is 15.1. The van der Waals surface area contributed by atoms with Crippen molar-refractivity contribution in [3.8, 4) is 0 Å². The minimum atomic E-state index is 0.379. The minimum absolute atomic E-state index is 0.379. The lowest BCUT2D eigenvalue weighted by atomic mass is 9.86. The monoisotopic (exact) mass is 786 g/mol. The molecule has 9 aliphatic rings. The molecule has 0 aromatic rings. The zero-order valence-corrected chi connectivity index (χ0v) is 35.5. The maximum Gasteiger partial charge on any atom is 0.0562 e. The van der Waals surface area contributed by atoms with Crippen molar-refractivity contribution < 1.29 is 0 Å². The van der Waals surface area contributed by atoms with Gasteiger partial charge in [-0.05, 0) is 172 Å². The second kappa shape index (κ2) is 19.6. The summed E-state index contributed by atoms with van der Waals surface area (Å²) in [6.07, 6.45) is 83.5. The second-order valence-electron chi connectivity index (χ2n) is 17.5. The number of nitrogens with zero attached hydrogens (tertiary/aromatic N) is 2. The van der Waals surface area contributed by atoms with Gasteiger partial charge in [0.05, 0.1) is 12.1 Å². The summed E-state index contributed by atoms with van der Waals surface area (Å²) in [5, 5.41) is 0. The quantitative estimate of drug-likeness (QED) is 0.194. The van der Waals surface area contributed by atoms with Crippen molar-refractivity contribution in [1.82, 2.24) is 9.80 Å². The van der Waals surface area contributed by atoms with Gasteiger partial charge in [0.15, 0.2) is 0 Å². The van der Waals surface area contributed by atoms with E-state index in [1.54, 1.807) is 0 Å². The highest BCUT2D eigenvalue weighted by Gasteiger charge is 2.27. The Morgan fingerprint density at radius 2 is 0.867 bits per heavy atom. The van der Waals surface area contributed by atoms with Crippen molar-refractivity contribution in [1.29, 1.82) is 0 Å². The van der Waals surface area contributed by atoms with Gasteiger partial charge in [0.1, 0.15) is 0 Å². The number of allylic oxidation sites excluding steroid dienone is 34. The highest BCUT2D eigenvalue weighted by molar-refractivity contribution is 5.46. The van der Waals surface area contributed by atoms with E-state index in [0.29, 0.717) is 12.1 Å². The van der Waals surface area contributed by atoms with E-state index in [9.17, 15) is 0 Å². The normalized spacial score (nSPS) is 25.3. The van der Waals surface area contributed by atoms with Gasteiger partial charge < -0.3 is 9.80 Å². The van der Waals surface area contributed by atoms with Crippen LogP contribution >= 0.6 is 0 Å². The Hall–Kier alpha value is -5.60. The fraction of sp³-hybridized carbons (Fsp3) is 0.310. The standard InChI is InChI=1S/C58H62N2/c1-4-14-53(15-5-1)59(54-16-6-2-7-17-54)56-39-34-49(35-40-56)32-30-47-26-22-45(23-27-47)20-21-46-24-28-48(29-25-46)31-33-50-36-41-57(42-37-50)60(55-18-8-3-9-19-55)58-43-38-51-12-10-11-13-52(51)44-58/h1,4-6,8,11,13-14,16-22,24,26,28,30-34,36,38-39,41,43,53,58H,2-3,7,9-10,12,15,23,25,27,29,35,37,40,42,44H2/b21-20+,32-30+,33-31+. The summed E-state index contributed by atoms with van der Waals surface area (Å²) in [4.78, 5) is 5.21. The molecule has 2 nitrogen and oxygen atoms in total. The Morgan fingerprint density at radius 3 is 1.30 bits per heavy atom. The number of hydrogen-bond donors (Lipinski definition) is 0. The van der Waals surface area contributed by atoms with Crippen molar-refractivity contribution in [3.05, 3.63) is 238 Å². The molecule has 9 rings (SSSR count). The molecule has 0 saturated heterocycles. The van der Waals surface area contributed by atoms with Gasteiger partial charge in [0.2, 0.25) is 0 Å². The molecule has 0 aliphatic heterocycles. The summed E-state index contributed by atoms with van der Waals surface area (Å²) in [7, 11) is 0. The summed E-state index contributed by atoms with van der Waals surface area (Å²) in [6, 6.07) is 0.778. The smallest absolute Gasteiger partial charge is 0.0562 e. The summed E-state index contributed by atoms with van der Waals surface area (Å²) in [6.45, 7) is 0. The van der Waals surface area contributed by atoms with Crippen LogP contribution in [-0.2, 0) is 0 Å². The Kier molecular flexibility index (Phi) is 13.0. The zero-order valence-electron chi connectivity index (χ0n) is 35.5. The maximum atomic E-state index is 2.63. The van der Waals surface area contributed by atoms with Crippen molar-refractivity contribution in [2.45, 2.75) is 115 Å². The van der Waals surface area contributed by atoms with Gasteiger partial charge in [-0.25, -0.2) is 0 Å². The Balaban J connectivity index is 0.782. The fourth-order valence-corrected chi connectivity index (χ4v) is 9.78. The van der Waals surface area contributed by atoms with Gasteiger partial charge in [-0.3, -0.25) is 0 Å². The minimum Gasteiger partial charge on any atom is -0.338 e. The average molecular weight is 787 g/mol. The topological polar surface area (TPSA) is 6.48 Å². The van der Waals surface area contributed by atoms with Crippen molar-refractivity contribution >= 4 is 0 Å². The lowest BCUT2D eigenvalue weighted by Gasteiger charge is -2.38. The van der Waals surface area contributed by atoms with Crippen LogP contribution in [0.3, 0.4) is 0 Å². The van der Waals surface area contributed by atoms with Crippen LogP contribution in [0.5, 0.6) is 0 Å². The SMILES string of the molecule is C1=CCC(N(C2=CCCC=C2)C2=CC=C(/C=C/C3=CC=C(/C=C/C4=CC=C(/C=C/C5=CC=C(N(C6=CCCC=C6)C6C=CC7=C(C=CCC7)C6)CC5)CC4)CC3)CC2)C=C1. The molecule has 2 heteroatoms. The van der Waals surface area contributed by atoms with E-state index in [-0.39, 0.29) is 0 Å². The lowest BCUT2D eigenvalue weighted by Crippen LogP contribution is -2.34. The van der Waals surface area contributed by atoms with E-state index in [2.05, 4.69) is 180 Å². The molecular weight excluding hydrogens is 725 g/mol. The fourth-order valence-electron chi connectivity index (χ4n) is 9.78. The van der Waals surface area contributed by atoms with Crippen molar-refractivity contribution in [2.75, 3.05) is 0 Å². The molecule has 2 unspecified atom stereocenters. The molecule has 0 heterocycles. The molecule has 9 aliphatic carbocycles. The summed E-state index contributed by atoms with van der Waals surface area (Å²) in [5.74, 6) is 0. The molecule has 0 aromatic heterocycles. The van der Waals surface area contributed by atoms with E-state index in [0.717, 1.165) is 89.9 Å². The van der Waals surface area contributed by atoms with E-state index in [1.807, 2.05) is 0 Å². The lowest BCUT2D eigenvalue weighted by molar-refractivity contribution is 0.351. The predicted molar refractivity (Wildman–Crippen MR) is 255 cm³/mol. The van der Waals surface area contributed by atoms with E-state index >= 15 is 0 Å². The first-order chi connectivity index (χ1) is 29.7. The zero-order chi connectivity index (χ0) is 40.4. The molecule has 0 bridgehead atoms. The van der Waals surface area contributed by atoms with Crippen LogP contribution in [-0.4, -0.2) is 21.9 Å². The van der Waals surface area contributed by atoms with Gasteiger partial charge in [-0.15, -0.1) is 0 Å². The number of hydrogen-bond acceptors (Lipinski definition) is 2. The summed E-state index contributed by atoms with van der Waals surface area (Å²) >= 11 is 0. The Labute approximate surface area is 360 Å².